The van der Waals surface area contributed by atoms with Gasteiger partial charge < -0.3 is 19.4 Å². The number of thioether (sulfide) groups is 1. The number of hydrogen-bond donors (Lipinski definition) is 2. The lowest BCUT2D eigenvalue weighted by Crippen LogP contribution is -2.18. The molecule has 1 heterocycles. The number of ether oxygens (including phenoxy) is 1. The van der Waals surface area contributed by atoms with Gasteiger partial charge in [-0.1, -0.05) is 30.3 Å². The minimum Gasteiger partial charge on any atom is -0.475 e. The highest BCUT2D eigenvalue weighted by Gasteiger charge is 2.10. The Kier molecular flexibility index (Phi) is 6.51. The van der Waals surface area contributed by atoms with E-state index in [1.807, 2.05) is 30.3 Å². The van der Waals surface area contributed by atoms with E-state index in [0.29, 0.717) is 23.9 Å². The van der Waals surface area contributed by atoms with Gasteiger partial charge in [-0.15, -0.1) is 0 Å². The van der Waals surface area contributed by atoms with E-state index in [0.717, 1.165) is 5.56 Å². The van der Waals surface area contributed by atoms with Crippen molar-refractivity contribution in [2.24, 2.45) is 0 Å². The zero-order chi connectivity index (χ0) is 15.8. The molecule has 118 valence electrons. The first-order chi connectivity index (χ1) is 10.6. The van der Waals surface area contributed by atoms with Gasteiger partial charge in [0.05, 0.1) is 25.1 Å². The summed E-state index contributed by atoms with van der Waals surface area (Å²) in [6, 6.07) is 12.8. The van der Waals surface area contributed by atoms with Crippen LogP contribution in [0.4, 0.5) is 0 Å². The van der Waals surface area contributed by atoms with Crippen LogP contribution >= 0.6 is 11.8 Å². The van der Waals surface area contributed by atoms with Gasteiger partial charge in [0.2, 0.25) is 5.76 Å². The van der Waals surface area contributed by atoms with Crippen molar-refractivity contribution in [2.75, 3.05) is 12.4 Å². The minimum absolute atomic E-state index is 0.0673. The smallest absolute Gasteiger partial charge is 0.371 e. The summed E-state index contributed by atoms with van der Waals surface area (Å²) in [5.41, 5.74) is 1.07. The second-order valence-corrected chi connectivity index (χ2v) is 5.77. The van der Waals surface area contributed by atoms with E-state index in [9.17, 15) is 9.90 Å². The SMILES string of the molecule is O=C(O)c1ccc(CSCC(O)COCc2ccccc2)o1. The zero-order valence-electron chi connectivity index (χ0n) is 12.0. The first kappa shape index (κ1) is 16.6. The first-order valence-corrected chi connectivity index (χ1v) is 8.00. The molecule has 0 aliphatic carbocycles. The summed E-state index contributed by atoms with van der Waals surface area (Å²) in [6.07, 6.45) is -0.567. The number of carbonyl (C=O) groups is 1. The van der Waals surface area contributed by atoms with Crippen LogP contribution in [0.1, 0.15) is 21.9 Å². The third-order valence-electron chi connectivity index (χ3n) is 2.85. The summed E-state index contributed by atoms with van der Waals surface area (Å²) in [5, 5.41) is 18.6. The number of furan rings is 1. The zero-order valence-corrected chi connectivity index (χ0v) is 12.8. The molecule has 2 aromatic rings. The molecule has 0 spiro atoms. The Morgan fingerprint density at radius 3 is 2.68 bits per heavy atom. The molecular weight excluding hydrogens is 304 g/mol. The average molecular weight is 322 g/mol. The lowest BCUT2D eigenvalue weighted by molar-refractivity contribution is 0.0398. The fourth-order valence-electron chi connectivity index (χ4n) is 1.80. The van der Waals surface area contributed by atoms with Gasteiger partial charge in [0.15, 0.2) is 0 Å². The van der Waals surface area contributed by atoms with E-state index in [2.05, 4.69) is 0 Å². The van der Waals surface area contributed by atoms with Gasteiger partial charge in [0, 0.05) is 5.75 Å². The van der Waals surface area contributed by atoms with Gasteiger partial charge in [-0.3, -0.25) is 0 Å². The topological polar surface area (TPSA) is 79.9 Å². The molecule has 0 amide bonds. The van der Waals surface area contributed by atoms with Crippen LogP contribution in [0.15, 0.2) is 46.9 Å². The molecule has 1 unspecified atom stereocenters. The molecule has 0 fully saturated rings. The molecule has 5 nitrogen and oxygen atoms in total. The highest BCUT2D eigenvalue weighted by atomic mass is 32.2. The van der Waals surface area contributed by atoms with Crippen molar-refractivity contribution in [1.82, 2.24) is 0 Å². The van der Waals surface area contributed by atoms with Crippen molar-refractivity contribution in [3.8, 4) is 0 Å². The summed E-state index contributed by atoms with van der Waals surface area (Å²) in [7, 11) is 0. The van der Waals surface area contributed by atoms with Gasteiger partial charge >= 0.3 is 5.97 Å². The lowest BCUT2D eigenvalue weighted by atomic mass is 10.2. The Labute approximate surface area is 132 Å². The van der Waals surface area contributed by atoms with Crippen molar-refractivity contribution >= 4 is 17.7 Å². The summed E-state index contributed by atoms with van der Waals surface area (Å²) in [6.45, 7) is 0.739. The molecular formula is C16H18O5S. The van der Waals surface area contributed by atoms with Crippen LogP contribution < -0.4 is 0 Å². The Morgan fingerprint density at radius 2 is 2.00 bits per heavy atom. The second kappa shape index (κ2) is 8.63. The molecule has 1 atom stereocenters. The van der Waals surface area contributed by atoms with Crippen LogP contribution in [-0.4, -0.2) is 34.6 Å². The fraction of sp³-hybridized carbons (Fsp3) is 0.312. The number of benzene rings is 1. The molecule has 1 aromatic heterocycles. The summed E-state index contributed by atoms with van der Waals surface area (Å²) in [4.78, 5) is 10.7. The van der Waals surface area contributed by atoms with Crippen molar-refractivity contribution in [3.63, 3.8) is 0 Å². The number of aromatic carboxylic acids is 1. The highest BCUT2D eigenvalue weighted by Crippen LogP contribution is 2.16. The van der Waals surface area contributed by atoms with Crippen molar-refractivity contribution in [1.29, 1.82) is 0 Å². The first-order valence-electron chi connectivity index (χ1n) is 6.84. The highest BCUT2D eigenvalue weighted by molar-refractivity contribution is 7.98. The van der Waals surface area contributed by atoms with Crippen LogP contribution in [0.5, 0.6) is 0 Å². The molecule has 0 radical (unpaired) electrons. The van der Waals surface area contributed by atoms with Gasteiger partial charge in [0.25, 0.3) is 0 Å². The summed E-state index contributed by atoms with van der Waals surface area (Å²) in [5.74, 6) is 0.453. The van der Waals surface area contributed by atoms with Crippen LogP contribution in [0.2, 0.25) is 0 Å². The number of aliphatic hydroxyl groups excluding tert-OH is 1. The van der Waals surface area contributed by atoms with Gasteiger partial charge in [0.1, 0.15) is 5.76 Å². The maximum absolute atomic E-state index is 10.7. The Balaban J connectivity index is 1.61. The maximum Gasteiger partial charge on any atom is 0.371 e. The number of carboxylic acid groups (broad SMARTS) is 1. The number of carboxylic acids is 1. The standard InChI is InChI=1S/C16H18O5S/c17-13(9-20-8-12-4-2-1-3-5-12)10-22-11-14-6-7-15(21-14)16(18)19/h1-7,13,17H,8-11H2,(H,18,19). The van der Waals surface area contributed by atoms with E-state index in [-0.39, 0.29) is 12.4 Å². The third kappa shape index (κ3) is 5.55. The van der Waals surface area contributed by atoms with Crippen molar-refractivity contribution in [3.05, 3.63) is 59.5 Å². The predicted molar refractivity (Wildman–Crippen MR) is 83.9 cm³/mol. The molecule has 0 saturated carbocycles. The molecule has 2 rings (SSSR count). The number of hydrogen-bond acceptors (Lipinski definition) is 5. The molecule has 0 aliphatic rings. The third-order valence-corrected chi connectivity index (χ3v) is 3.96. The summed E-state index contributed by atoms with van der Waals surface area (Å²) >= 11 is 1.47. The Bertz CT molecular complexity index is 581. The van der Waals surface area contributed by atoms with Gasteiger partial charge in [-0.2, -0.15) is 11.8 Å². The predicted octanol–water partition coefficient (Wildman–Crippen LogP) is 2.79. The fourth-order valence-corrected chi connectivity index (χ4v) is 2.64. The van der Waals surface area contributed by atoms with Crippen LogP contribution in [0.3, 0.4) is 0 Å². The van der Waals surface area contributed by atoms with E-state index in [1.54, 1.807) is 6.07 Å². The largest absolute Gasteiger partial charge is 0.475 e. The van der Waals surface area contributed by atoms with E-state index < -0.39 is 12.1 Å². The van der Waals surface area contributed by atoms with E-state index >= 15 is 0 Å². The van der Waals surface area contributed by atoms with Crippen molar-refractivity contribution < 1.29 is 24.2 Å². The monoisotopic (exact) mass is 322 g/mol. The number of rotatable bonds is 9. The van der Waals surface area contributed by atoms with Crippen LogP contribution in [0, 0.1) is 0 Å². The second-order valence-electron chi connectivity index (χ2n) is 4.74. The molecule has 6 heteroatoms. The lowest BCUT2D eigenvalue weighted by Gasteiger charge is -2.10. The van der Waals surface area contributed by atoms with E-state index in [1.165, 1.54) is 17.8 Å². The molecule has 22 heavy (non-hydrogen) atoms. The average Bonchev–Trinajstić information content (AvgIpc) is 2.97. The minimum atomic E-state index is -1.08. The van der Waals surface area contributed by atoms with Crippen molar-refractivity contribution in [2.45, 2.75) is 18.5 Å². The normalized spacial score (nSPS) is 12.2. The summed E-state index contributed by atoms with van der Waals surface area (Å²) < 4.78 is 10.6. The van der Waals surface area contributed by atoms with Crippen LogP contribution in [0.25, 0.3) is 0 Å². The molecule has 0 bridgehead atoms. The number of aliphatic hydroxyl groups is 1. The van der Waals surface area contributed by atoms with E-state index in [4.69, 9.17) is 14.3 Å². The Morgan fingerprint density at radius 1 is 1.23 bits per heavy atom. The molecule has 1 aromatic carbocycles. The van der Waals surface area contributed by atoms with Crippen LogP contribution in [-0.2, 0) is 17.1 Å². The molecule has 2 N–H and O–H groups in total. The quantitative estimate of drug-likeness (QED) is 0.739. The van der Waals surface area contributed by atoms with Gasteiger partial charge in [-0.25, -0.2) is 4.79 Å². The molecule has 0 saturated heterocycles. The van der Waals surface area contributed by atoms with Gasteiger partial charge in [-0.05, 0) is 17.7 Å². The Hall–Kier alpha value is -1.76. The molecule has 0 aliphatic heterocycles. The maximum atomic E-state index is 10.7.